The number of ether oxygens (including phenoxy) is 2. The van der Waals surface area contributed by atoms with Gasteiger partial charge >= 0.3 is 5.97 Å². The van der Waals surface area contributed by atoms with E-state index in [0.717, 1.165) is 0 Å². The van der Waals surface area contributed by atoms with E-state index < -0.39 is 23.9 Å². The number of fused-ring (bicyclic) bond motifs is 1. The highest BCUT2D eigenvalue weighted by molar-refractivity contribution is 5.91. The molecule has 0 unspecified atom stereocenters. The van der Waals surface area contributed by atoms with Crippen molar-refractivity contribution in [3.63, 3.8) is 0 Å². The summed E-state index contributed by atoms with van der Waals surface area (Å²) in [4.78, 5) is 47.6. The minimum Gasteiger partial charge on any atom is -0.457 e. The second kappa shape index (κ2) is 10.2. The van der Waals surface area contributed by atoms with Crippen molar-refractivity contribution in [2.75, 3.05) is 18.5 Å². The molecule has 3 rings (SSSR count). The standard InChI is InChI=1S/C21H25N5O6/c1-12(2)18(28)24-21-23-17-16(19(29)25-21)22-11-26(17)15(32-13(3)9-27)10-31-20(30)14-7-5-4-6-8-14/h4-8,11-13,15,27H,9-10H2,1-3H3,(H2,23,24,25,28,29)/t13-,15-/m1/s1. The van der Waals surface area contributed by atoms with Crippen LogP contribution in [0.25, 0.3) is 11.2 Å². The average Bonchev–Trinajstić information content (AvgIpc) is 3.21. The minimum absolute atomic E-state index is 0.0205. The van der Waals surface area contributed by atoms with Crippen LogP contribution in [0.5, 0.6) is 0 Å². The van der Waals surface area contributed by atoms with Crippen molar-refractivity contribution in [1.82, 2.24) is 19.5 Å². The fraction of sp³-hybridized carbons (Fsp3) is 0.381. The Kier molecular flexibility index (Phi) is 7.33. The first kappa shape index (κ1) is 23.1. The van der Waals surface area contributed by atoms with Crippen molar-refractivity contribution in [3.05, 3.63) is 52.6 Å². The lowest BCUT2D eigenvalue weighted by molar-refractivity contribution is -0.118. The molecule has 0 fully saturated rings. The highest BCUT2D eigenvalue weighted by atomic mass is 16.6. The summed E-state index contributed by atoms with van der Waals surface area (Å²) in [5.41, 5.74) is -0.0425. The summed E-state index contributed by atoms with van der Waals surface area (Å²) in [6, 6.07) is 8.44. The number of carbonyl (C=O) groups excluding carboxylic acids is 2. The van der Waals surface area contributed by atoms with Gasteiger partial charge in [0.1, 0.15) is 6.61 Å². The fourth-order valence-electron chi connectivity index (χ4n) is 2.76. The van der Waals surface area contributed by atoms with E-state index in [4.69, 9.17) is 9.47 Å². The second-order valence-electron chi connectivity index (χ2n) is 7.43. The Morgan fingerprint density at radius 1 is 1.22 bits per heavy atom. The molecule has 11 heteroatoms. The van der Waals surface area contributed by atoms with Gasteiger partial charge in [-0.25, -0.2) is 9.78 Å². The van der Waals surface area contributed by atoms with Crippen molar-refractivity contribution < 1.29 is 24.2 Å². The lowest BCUT2D eigenvalue weighted by Crippen LogP contribution is -2.27. The summed E-state index contributed by atoms with van der Waals surface area (Å²) < 4.78 is 12.6. The molecule has 3 aromatic rings. The number of benzene rings is 1. The predicted molar refractivity (Wildman–Crippen MR) is 115 cm³/mol. The SMILES string of the molecule is CC(C)C(=O)Nc1nc2c(ncn2[C@@H](COC(=O)c2ccccc2)O[C@H](C)CO)c(=O)[nH]1. The van der Waals surface area contributed by atoms with Gasteiger partial charge in [-0.3, -0.25) is 24.5 Å². The molecule has 32 heavy (non-hydrogen) atoms. The van der Waals surface area contributed by atoms with Gasteiger partial charge < -0.3 is 14.6 Å². The van der Waals surface area contributed by atoms with E-state index in [9.17, 15) is 19.5 Å². The number of hydrogen-bond acceptors (Lipinski definition) is 8. The molecule has 1 amide bonds. The van der Waals surface area contributed by atoms with E-state index in [1.165, 1.54) is 10.9 Å². The average molecular weight is 443 g/mol. The molecular weight excluding hydrogens is 418 g/mol. The molecule has 0 aliphatic carbocycles. The first-order chi connectivity index (χ1) is 15.3. The van der Waals surface area contributed by atoms with Gasteiger partial charge in [0.05, 0.1) is 24.6 Å². The number of aliphatic hydroxyl groups is 1. The van der Waals surface area contributed by atoms with Gasteiger partial charge in [0.25, 0.3) is 5.56 Å². The zero-order valence-electron chi connectivity index (χ0n) is 17.9. The number of anilines is 1. The van der Waals surface area contributed by atoms with Crippen molar-refractivity contribution in [2.45, 2.75) is 33.1 Å². The monoisotopic (exact) mass is 443 g/mol. The van der Waals surface area contributed by atoms with Gasteiger partial charge in [-0.1, -0.05) is 32.0 Å². The smallest absolute Gasteiger partial charge is 0.338 e. The number of H-pyrrole nitrogens is 1. The van der Waals surface area contributed by atoms with Crippen molar-refractivity contribution in [3.8, 4) is 0 Å². The Labute approximate surface area is 183 Å². The van der Waals surface area contributed by atoms with Crippen LogP contribution in [-0.2, 0) is 14.3 Å². The number of hydrogen-bond donors (Lipinski definition) is 3. The summed E-state index contributed by atoms with van der Waals surface area (Å²) >= 11 is 0. The molecule has 1 aromatic carbocycles. The van der Waals surface area contributed by atoms with Crippen LogP contribution in [0, 0.1) is 5.92 Å². The van der Waals surface area contributed by atoms with Crippen molar-refractivity contribution >= 4 is 29.0 Å². The first-order valence-electron chi connectivity index (χ1n) is 10.1. The second-order valence-corrected chi connectivity index (χ2v) is 7.43. The van der Waals surface area contributed by atoms with E-state index in [0.29, 0.717) is 5.56 Å². The summed E-state index contributed by atoms with van der Waals surface area (Å²) in [5.74, 6) is -1.24. The molecule has 2 atom stereocenters. The van der Waals surface area contributed by atoms with E-state index in [2.05, 4.69) is 20.3 Å². The number of aromatic amines is 1. The Morgan fingerprint density at radius 2 is 1.94 bits per heavy atom. The molecule has 0 aliphatic rings. The van der Waals surface area contributed by atoms with Crippen LogP contribution in [0.2, 0.25) is 0 Å². The number of nitrogens with zero attached hydrogens (tertiary/aromatic N) is 3. The third-order valence-corrected chi connectivity index (χ3v) is 4.52. The van der Waals surface area contributed by atoms with Gasteiger partial charge in [-0.05, 0) is 19.1 Å². The van der Waals surface area contributed by atoms with Crippen molar-refractivity contribution in [2.24, 2.45) is 5.92 Å². The minimum atomic E-state index is -0.933. The largest absolute Gasteiger partial charge is 0.457 e. The van der Waals surface area contributed by atoms with Gasteiger partial charge in [-0.2, -0.15) is 4.98 Å². The van der Waals surface area contributed by atoms with Gasteiger partial charge in [0.2, 0.25) is 11.9 Å². The summed E-state index contributed by atoms with van der Waals surface area (Å²) in [5, 5.41) is 12.0. The lowest BCUT2D eigenvalue weighted by atomic mass is 10.2. The zero-order chi connectivity index (χ0) is 23.3. The molecule has 3 N–H and O–H groups in total. The summed E-state index contributed by atoms with van der Waals surface area (Å²) in [6.07, 6.45) is -0.209. The lowest BCUT2D eigenvalue weighted by Gasteiger charge is -2.22. The number of imidazole rings is 1. The van der Waals surface area contributed by atoms with E-state index in [-0.39, 0.29) is 42.2 Å². The van der Waals surface area contributed by atoms with Crippen LogP contribution in [-0.4, -0.2) is 55.8 Å². The molecule has 11 nitrogen and oxygen atoms in total. The Balaban J connectivity index is 1.91. The molecule has 170 valence electrons. The number of carbonyl (C=O) groups is 2. The zero-order valence-corrected chi connectivity index (χ0v) is 17.9. The quantitative estimate of drug-likeness (QED) is 0.421. The highest BCUT2D eigenvalue weighted by Gasteiger charge is 2.23. The Morgan fingerprint density at radius 3 is 2.59 bits per heavy atom. The van der Waals surface area contributed by atoms with E-state index in [1.54, 1.807) is 51.1 Å². The third-order valence-electron chi connectivity index (χ3n) is 4.52. The van der Waals surface area contributed by atoms with E-state index >= 15 is 0 Å². The molecule has 0 saturated heterocycles. The number of aromatic nitrogens is 4. The Hall–Kier alpha value is -3.57. The topological polar surface area (TPSA) is 148 Å². The predicted octanol–water partition coefficient (Wildman–Crippen LogP) is 1.47. The molecule has 2 heterocycles. The van der Waals surface area contributed by atoms with Crippen LogP contribution in [0.1, 0.15) is 37.4 Å². The maximum absolute atomic E-state index is 12.4. The number of rotatable bonds is 9. The summed E-state index contributed by atoms with van der Waals surface area (Å²) in [6.45, 7) is 4.54. The first-order valence-corrected chi connectivity index (χ1v) is 10.1. The van der Waals surface area contributed by atoms with Crippen LogP contribution < -0.4 is 10.9 Å². The number of amides is 1. The normalized spacial score (nSPS) is 13.2. The van der Waals surface area contributed by atoms with E-state index in [1.807, 2.05) is 0 Å². The summed E-state index contributed by atoms with van der Waals surface area (Å²) in [7, 11) is 0. The molecule has 0 spiro atoms. The Bertz CT molecular complexity index is 1140. The van der Waals surface area contributed by atoms with Crippen LogP contribution >= 0.6 is 0 Å². The molecule has 2 aromatic heterocycles. The maximum atomic E-state index is 12.4. The highest BCUT2D eigenvalue weighted by Crippen LogP contribution is 2.19. The number of nitrogens with one attached hydrogen (secondary N) is 2. The maximum Gasteiger partial charge on any atom is 0.338 e. The fourth-order valence-corrected chi connectivity index (χ4v) is 2.76. The molecule has 0 bridgehead atoms. The van der Waals surface area contributed by atoms with Gasteiger partial charge in [0.15, 0.2) is 17.4 Å². The van der Waals surface area contributed by atoms with Crippen molar-refractivity contribution in [1.29, 1.82) is 0 Å². The number of esters is 1. The van der Waals surface area contributed by atoms with Gasteiger partial charge in [0, 0.05) is 5.92 Å². The van der Waals surface area contributed by atoms with Crippen LogP contribution in [0.4, 0.5) is 5.95 Å². The molecular formula is C21H25N5O6. The molecule has 0 aliphatic heterocycles. The number of aliphatic hydroxyl groups excluding tert-OH is 1. The van der Waals surface area contributed by atoms with Gasteiger partial charge in [-0.15, -0.1) is 0 Å². The molecule has 0 saturated carbocycles. The third kappa shape index (κ3) is 5.37. The van der Waals surface area contributed by atoms with Crippen LogP contribution in [0.3, 0.4) is 0 Å². The van der Waals surface area contributed by atoms with Crippen LogP contribution in [0.15, 0.2) is 41.5 Å². The molecule has 0 radical (unpaired) electrons.